The summed E-state index contributed by atoms with van der Waals surface area (Å²) in [4.78, 5) is 11.4. The Hall–Kier alpha value is -2.17. The summed E-state index contributed by atoms with van der Waals surface area (Å²) in [5, 5.41) is 9.71. The number of hydrogen-bond donors (Lipinski definition) is 2. The lowest BCUT2D eigenvalue weighted by molar-refractivity contribution is -0.153. The molecule has 0 radical (unpaired) electrons. The maximum absolute atomic E-state index is 11.4. The number of carbonyl (C=O) groups is 1. The molecule has 4 nitrogen and oxygen atoms in total. The lowest BCUT2D eigenvalue weighted by Gasteiger charge is -2.15. The number of aliphatic hydroxyl groups excluding tert-OH is 1. The summed E-state index contributed by atoms with van der Waals surface area (Å²) in [7, 11) is 0. The molecule has 2 unspecified atom stereocenters. The highest BCUT2D eigenvalue weighted by Gasteiger charge is 2.17. The van der Waals surface area contributed by atoms with Gasteiger partial charge in [-0.2, -0.15) is 0 Å². The van der Waals surface area contributed by atoms with Crippen molar-refractivity contribution in [3.63, 3.8) is 0 Å². The molecule has 2 aromatic rings. The Morgan fingerprint density at radius 1 is 1.04 bits per heavy atom. The zero-order valence-corrected chi connectivity index (χ0v) is 13.3. The number of aliphatic hydroxyl groups is 1. The minimum absolute atomic E-state index is 0.219. The van der Waals surface area contributed by atoms with Crippen molar-refractivity contribution < 1.29 is 14.6 Å². The van der Waals surface area contributed by atoms with Crippen molar-refractivity contribution in [3.05, 3.63) is 60.2 Å². The number of carbonyl (C=O) groups excluding carboxylic acids is 1. The van der Waals surface area contributed by atoms with E-state index >= 15 is 0 Å². The SMILES string of the molecule is CCOC(=O)C(O)CCC(N)c1ccc(-c2ccccc2)cc1. The van der Waals surface area contributed by atoms with Crippen LogP contribution in [0.2, 0.25) is 0 Å². The lowest BCUT2D eigenvalue weighted by atomic mass is 9.98. The molecule has 0 amide bonds. The second-order valence-corrected chi connectivity index (χ2v) is 5.44. The van der Waals surface area contributed by atoms with Crippen molar-refractivity contribution in [1.29, 1.82) is 0 Å². The van der Waals surface area contributed by atoms with Crippen LogP contribution in [-0.4, -0.2) is 23.8 Å². The van der Waals surface area contributed by atoms with E-state index in [0.717, 1.165) is 16.7 Å². The molecule has 3 N–H and O–H groups in total. The van der Waals surface area contributed by atoms with E-state index in [-0.39, 0.29) is 12.6 Å². The molecule has 2 rings (SSSR count). The van der Waals surface area contributed by atoms with Gasteiger partial charge in [-0.15, -0.1) is 0 Å². The second-order valence-electron chi connectivity index (χ2n) is 5.44. The molecular formula is C19H23NO3. The van der Waals surface area contributed by atoms with Crippen LogP contribution in [0.15, 0.2) is 54.6 Å². The minimum atomic E-state index is -1.11. The van der Waals surface area contributed by atoms with Gasteiger partial charge in [0.15, 0.2) is 6.10 Å². The van der Waals surface area contributed by atoms with Gasteiger partial charge in [0, 0.05) is 6.04 Å². The summed E-state index contributed by atoms with van der Waals surface area (Å²) in [5.74, 6) is -0.584. The Bertz CT molecular complexity index is 610. The van der Waals surface area contributed by atoms with Crippen molar-refractivity contribution in [2.24, 2.45) is 5.73 Å². The van der Waals surface area contributed by atoms with E-state index in [9.17, 15) is 9.90 Å². The smallest absolute Gasteiger partial charge is 0.334 e. The largest absolute Gasteiger partial charge is 0.464 e. The average molecular weight is 313 g/mol. The van der Waals surface area contributed by atoms with Crippen LogP contribution in [0.1, 0.15) is 31.4 Å². The summed E-state index contributed by atoms with van der Waals surface area (Å²) in [6.07, 6.45) is -0.296. The van der Waals surface area contributed by atoms with Crippen LogP contribution in [0, 0.1) is 0 Å². The van der Waals surface area contributed by atoms with E-state index in [1.165, 1.54) is 0 Å². The fourth-order valence-corrected chi connectivity index (χ4v) is 2.41. The summed E-state index contributed by atoms with van der Waals surface area (Å²) in [6, 6.07) is 17.9. The first-order valence-corrected chi connectivity index (χ1v) is 7.87. The van der Waals surface area contributed by atoms with Gasteiger partial charge in [-0.3, -0.25) is 0 Å². The molecule has 0 spiro atoms. The average Bonchev–Trinajstić information content (AvgIpc) is 2.60. The highest BCUT2D eigenvalue weighted by Crippen LogP contribution is 2.23. The van der Waals surface area contributed by atoms with Gasteiger partial charge in [0.1, 0.15) is 0 Å². The molecule has 0 aliphatic carbocycles. The van der Waals surface area contributed by atoms with E-state index in [2.05, 4.69) is 12.1 Å². The van der Waals surface area contributed by atoms with Crippen molar-refractivity contribution in [2.45, 2.75) is 31.9 Å². The zero-order valence-electron chi connectivity index (χ0n) is 13.3. The van der Waals surface area contributed by atoms with E-state index in [1.807, 2.05) is 42.5 Å². The molecule has 0 aliphatic heterocycles. The Labute approximate surface area is 136 Å². The predicted molar refractivity (Wildman–Crippen MR) is 90.7 cm³/mol. The number of ether oxygens (including phenoxy) is 1. The van der Waals surface area contributed by atoms with Crippen LogP contribution in [0.25, 0.3) is 11.1 Å². The standard InChI is InChI=1S/C19H23NO3/c1-2-23-19(22)18(21)13-12-17(20)16-10-8-15(9-11-16)14-6-4-3-5-7-14/h3-11,17-18,21H,2,12-13,20H2,1H3. The quantitative estimate of drug-likeness (QED) is 0.771. The Balaban J connectivity index is 1.93. The molecular weight excluding hydrogens is 290 g/mol. The van der Waals surface area contributed by atoms with Crippen LogP contribution >= 0.6 is 0 Å². The van der Waals surface area contributed by atoms with Crippen molar-refractivity contribution in [1.82, 2.24) is 0 Å². The van der Waals surface area contributed by atoms with E-state index in [1.54, 1.807) is 6.92 Å². The fourth-order valence-electron chi connectivity index (χ4n) is 2.41. The Kier molecular flexibility index (Phi) is 6.32. The van der Waals surface area contributed by atoms with Gasteiger partial charge in [0.05, 0.1) is 6.61 Å². The minimum Gasteiger partial charge on any atom is -0.464 e. The molecule has 2 atom stereocenters. The fraction of sp³-hybridized carbons (Fsp3) is 0.316. The summed E-state index contributed by atoms with van der Waals surface area (Å²) >= 11 is 0. The van der Waals surface area contributed by atoms with E-state index in [0.29, 0.717) is 12.8 Å². The molecule has 0 saturated carbocycles. The van der Waals surface area contributed by atoms with E-state index in [4.69, 9.17) is 10.5 Å². The van der Waals surface area contributed by atoms with Gasteiger partial charge < -0.3 is 15.6 Å². The number of hydrogen-bond acceptors (Lipinski definition) is 4. The number of nitrogens with two attached hydrogens (primary N) is 1. The Morgan fingerprint density at radius 3 is 2.26 bits per heavy atom. The molecule has 0 fully saturated rings. The molecule has 122 valence electrons. The molecule has 0 saturated heterocycles. The lowest BCUT2D eigenvalue weighted by Crippen LogP contribution is -2.24. The highest BCUT2D eigenvalue weighted by molar-refractivity contribution is 5.74. The predicted octanol–water partition coefficient (Wildman–Crippen LogP) is 3.06. The van der Waals surface area contributed by atoms with Crippen molar-refractivity contribution in [3.8, 4) is 11.1 Å². The Morgan fingerprint density at radius 2 is 1.65 bits per heavy atom. The zero-order chi connectivity index (χ0) is 16.7. The number of esters is 1. The monoisotopic (exact) mass is 313 g/mol. The van der Waals surface area contributed by atoms with Crippen LogP contribution in [0.5, 0.6) is 0 Å². The summed E-state index contributed by atoms with van der Waals surface area (Å²) < 4.78 is 4.78. The summed E-state index contributed by atoms with van der Waals surface area (Å²) in [5.41, 5.74) is 9.42. The van der Waals surface area contributed by atoms with E-state index < -0.39 is 12.1 Å². The number of rotatable bonds is 7. The third-order valence-corrected chi connectivity index (χ3v) is 3.76. The second kappa shape index (κ2) is 8.46. The molecule has 0 aliphatic rings. The first kappa shape index (κ1) is 17.2. The normalized spacial score (nSPS) is 13.3. The van der Waals surface area contributed by atoms with Crippen LogP contribution in [0.4, 0.5) is 0 Å². The van der Waals surface area contributed by atoms with Gasteiger partial charge >= 0.3 is 5.97 Å². The van der Waals surface area contributed by atoms with Crippen LogP contribution < -0.4 is 5.73 Å². The van der Waals surface area contributed by atoms with Crippen molar-refractivity contribution >= 4 is 5.97 Å². The molecule has 2 aromatic carbocycles. The first-order valence-electron chi connectivity index (χ1n) is 7.87. The van der Waals surface area contributed by atoms with Crippen molar-refractivity contribution in [2.75, 3.05) is 6.61 Å². The van der Waals surface area contributed by atoms with Gasteiger partial charge in [0.2, 0.25) is 0 Å². The molecule has 23 heavy (non-hydrogen) atoms. The third kappa shape index (κ3) is 4.91. The van der Waals surface area contributed by atoms with Gasteiger partial charge in [-0.1, -0.05) is 54.6 Å². The highest BCUT2D eigenvalue weighted by atomic mass is 16.5. The van der Waals surface area contributed by atoms with Crippen LogP contribution in [-0.2, 0) is 9.53 Å². The maximum atomic E-state index is 11.4. The van der Waals surface area contributed by atoms with Gasteiger partial charge in [0.25, 0.3) is 0 Å². The molecule has 0 aromatic heterocycles. The maximum Gasteiger partial charge on any atom is 0.334 e. The summed E-state index contributed by atoms with van der Waals surface area (Å²) in [6.45, 7) is 1.98. The molecule has 4 heteroatoms. The van der Waals surface area contributed by atoms with Gasteiger partial charge in [-0.05, 0) is 36.5 Å². The van der Waals surface area contributed by atoms with Gasteiger partial charge in [-0.25, -0.2) is 4.79 Å². The first-order chi connectivity index (χ1) is 11.1. The molecule has 0 bridgehead atoms. The number of benzene rings is 2. The topological polar surface area (TPSA) is 72.5 Å². The third-order valence-electron chi connectivity index (χ3n) is 3.76. The van der Waals surface area contributed by atoms with Crippen LogP contribution in [0.3, 0.4) is 0 Å². The molecule has 0 heterocycles.